The molecule has 0 aliphatic heterocycles. The van der Waals surface area contributed by atoms with E-state index >= 15 is 0 Å². The van der Waals surface area contributed by atoms with Crippen molar-refractivity contribution in [1.82, 2.24) is 0 Å². The maximum Gasteiger partial charge on any atom is 0.313 e. The zero-order valence-corrected chi connectivity index (χ0v) is 8.39. The van der Waals surface area contributed by atoms with Gasteiger partial charge in [-0.1, -0.05) is 20.3 Å². The molecule has 12 heavy (non-hydrogen) atoms. The van der Waals surface area contributed by atoms with Crippen LogP contribution >= 0.6 is 0 Å². The van der Waals surface area contributed by atoms with Gasteiger partial charge in [0.25, 0.3) is 0 Å². The van der Waals surface area contributed by atoms with E-state index in [9.17, 15) is 4.79 Å². The fraction of sp³-hybridized carbons (Fsp3) is 0.889. The number of methoxy groups -OCH3 is 1. The van der Waals surface area contributed by atoms with Crippen LogP contribution in [0.15, 0.2) is 0 Å². The van der Waals surface area contributed by atoms with E-state index < -0.39 is 5.41 Å². The standard InChI is InChI=1S/C9H19NO2/c1-5-7(2)9(3,6-10)8(11)12-4/h7H,5-6,10H2,1-4H3. The second-order valence-electron chi connectivity index (χ2n) is 3.42. The maximum atomic E-state index is 11.4. The number of carbonyl (C=O) groups excluding carboxylic acids is 1. The number of hydrogen-bond donors (Lipinski definition) is 1. The lowest BCUT2D eigenvalue weighted by Crippen LogP contribution is -2.42. The minimum Gasteiger partial charge on any atom is -0.469 e. The van der Waals surface area contributed by atoms with E-state index in [2.05, 4.69) is 0 Å². The van der Waals surface area contributed by atoms with E-state index in [1.54, 1.807) is 0 Å². The van der Waals surface area contributed by atoms with Crippen molar-refractivity contribution in [3.63, 3.8) is 0 Å². The third-order valence-corrected chi connectivity index (χ3v) is 2.78. The molecule has 0 saturated carbocycles. The van der Waals surface area contributed by atoms with E-state index in [1.165, 1.54) is 7.11 Å². The molecule has 2 unspecified atom stereocenters. The van der Waals surface area contributed by atoms with Gasteiger partial charge in [-0.3, -0.25) is 4.79 Å². The van der Waals surface area contributed by atoms with Crippen LogP contribution < -0.4 is 5.73 Å². The smallest absolute Gasteiger partial charge is 0.313 e. The van der Waals surface area contributed by atoms with E-state index in [4.69, 9.17) is 10.5 Å². The predicted octanol–water partition coefficient (Wildman–Crippen LogP) is 1.17. The lowest BCUT2D eigenvalue weighted by atomic mass is 9.77. The Labute approximate surface area is 74.3 Å². The summed E-state index contributed by atoms with van der Waals surface area (Å²) in [5, 5.41) is 0. The molecule has 2 N–H and O–H groups in total. The van der Waals surface area contributed by atoms with E-state index in [-0.39, 0.29) is 11.9 Å². The number of ether oxygens (including phenoxy) is 1. The molecule has 0 aromatic heterocycles. The van der Waals surface area contributed by atoms with Gasteiger partial charge in [0, 0.05) is 6.54 Å². The van der Waals surface area contributed by atoms with Crippen LogP contribution in [0.5, 0.6) is 0 Å². The van der Waals surface area contributed by atoms with Crippen molar-refractivity contribution in [3.05, 3.63) is 0 Å². The highest BCUT2D eigenvalue weighted by Crippen LogP contribution is 2.29. The van der Waals surface area contributed by atoms with Crippen LogP contribution in [0.1, 0.15) is 27.2 Å². The minimum absolute atomic E-state index is 0.209. The SMILES string of the molecule is CCC(C)C(C)(CN)C(=O)OC. The molecule has 0 aromatic carbocycles. The van der Waals surface area contributed by atoms with Crippen molar-refractivity contribution in [2.45, 2.75) is 27.2 Å². The summed E-state index contributed by atoms with van der Waals surface area (Å²) in [6, 6.07) is 0. The summed E-state index contributed by atoms with van der Waals surface area (Å²) in [5.41, 5.74) is 5.03. The molecule has 0 aliphatic rings. The molecular formula is C9H19NO2. The van der Waals surface area contributed by atoms with Crippen LogP contribution in [-0.2, 0) is 9.53 Å². The summed E-state index contributed by atoms with van der Waals surface area (Å²) >= 11 is 0. The molecule has 0 aliphatic carbocycles. The lowest BCUT2D eigenvalue weighted by Gasteiger charge is -2.30. The zero-order chi connectivity index (χ0) is 9.78. The Kier molecular flexibility index (Phi) is 4.24. The third kappa shape index (κ3) is 1.97. The molecular weight excluding hydrogens is 154 g/mol. The molecule has 0 amide bonds. The van der Waals surface area contributed by atoms with Crippen LogP contribution in [0.4, 0.5) is 0 Å². The molecule has 0 saturated heterocycles. The Balaban J connectivity index is 4.54. The summed E-state index contributed by atoms with van der Waals surface area (Å²) in [5.74, 6) is 0.0503. The Bertz CT molecular complexity index is 159. The normalized spacial score (nSPS) is 18.1. The van der Waals surface area contributed by atoms with Gasteiger partial charge in [0.05, 0.1) is 12.5 Å². The summed E-state index contributed by atoms with van der Waals surface area (Å²) in [6.45, 7) is 6.26. The molecule has 0 aromatic rings. The van der Waals surface area contributed by atoms with Gasteiger partial charge >= 0.3 is 5.97 Å². The first-order chi connectivity index (χ1) is 5.52. The fourth-order valence-electron chi connectivity index (χ4n) is 1.17. The van der Waals surface area contributed by atoms with E-state index in [0.29, 0.717) is 6.54 Å². The summed E-state index contributed by atoms with van der Waals surface area (Å²) in [6.07, 6.45) is 0.933. The summed E-state index contributed by atoms with van der Waals surface area (Å²) < 4.78 is 4.71. The molecule has 0 radical (unpaired) electrons. The first-order valence-electron chi connectivity index (χ1n) is 4.31. The van der Waals surface area contributed by atoms with Crippen LogP contribution in [0.3, 0.4) is 0 Å². The van der Waals surface area contributed by atoms with Crippen LogP contribution in [0.2, 0.25) is 0 Å². The number of hydrogen-bond acceptors (Lipinski definition) is 3. The van der Waals surface area contributed by atoms with Crippen molar-refractivity contribution in [2.75, 3.05) is 13.7 Å². The van der Waals surface area contributed by atoms with Gasteiger partial charge in [0.1, 0.15) is 0 Å². The summed E-state index contributed by atoms with van der Waals surface area (Å²) in [4.78, 5) is 11.4. The van der Waals surface area contributed by atoms with Crippen molar-refractivity contribution in [3.8, 4) is 0 Å². The number of rotatable bonds is 4. The van der Waals surface area contributed by atoms with E-state index in [1.807, 2.05) is 20.8 Å². The molecule has 0 fully saturated rings. The number of nitrogens with two attached hydrogens (primary N) is 1. The van der Waals surface area contributed by atoms with Gasteiger partial charge in [0.2, 0.25) is 0 Å². The van der Waals surface area contributed by atoms with Crippen molar-refractivity contribution in [2.24, 2.45) is 17.1 Å². The van der Waals surface area contributed by atoms with Crippen LogP contribution in [0, 0.1) is 11.3 Å². The second-order valence-corrected chi connectivity index (χ2v) is 3.42. The van der Waals surface area contributed by atoms with Crippen molar-refractivity contribution >= 4 is 5.97 Å². The van der Waals surface area contributed by atoms with Gasteiger partial charge in [-0.15, -0.1) is 0 Å². The molecule has 2 atom stereocenters. The zero-order valence-electron chi connectivity index (χ0n) is 8.39. The molecule has 3 heteroatoms. The Hall–Kier alpha value is -0.570. The largest absolute Gasteiger partial charge is 0.469 e. The predicted molar refractivity (Wildman–Crippen MR) is 48.6 cm³/mol. The topological polar surface area (TPSA) is 52.3 Å². The second kappa shape index (κ2) is 4.45. The molecule has 0 heterocycles. The maximum absolute atomic E-state index is 11.4. The molecule has 0 rings (SSSR count). The summed E-state index contributed by atoms with van der Waals surface area (Å²) in [7, 11) is 1.40. The minimum atomic E-state index is -0.524. The first-order valence-corrected chi connectivity index (χ1v) is 4.31. The van der Waals surface area contributed by atoms with Crippen LogP contribution in [0.25, 0.3) is 0 Å². The monoisotopic (exact) mass is 173 g/mol. The van der Waals surface area contributed by atoms with Gasteiger partial charge in [-0.2, -0.15) is 0 Å². The third-order valence-electron chi connectivity index (χ3n) is 2.78. The van der Waals surface area contributed by atoms with Crippen molar-refractivity contribution in [1.29, 1.82) is 0 Å². The highest BCUT2D eigenvalue weighted by Gasteiger charge is 2.37. The molecule has 3 nitrogen and oxygen atoms in total. The molecule has 72 valence electrons. The Morgan fingerprint density at radius 1 is 1.67 bits per heavy atom. The molecule has 0 bridgehead atoms. The Morgan fingerprint density at radius 2 is 2.17 bits per heavy atom. The lowest BCUT2D eigenvalue weighted by molar-refractivity contribution is -0.154. The fourth-order valence-corrected chi connectivity index (χ4v) is 1.17. The Morgan fingerprint density at radius 3 is 2.42 bits per heavy atom. The van der Waals surface area contributed by atoms with Gasteiger partial charge < -0.3 is 10.5 Å². The van der Waals surface area contributed by atoms with Gasteiger partial charge in [-0.05, 0) is 12.8 Å². The highest BCUT2D eigenvalue weighted by molar-refractivity contribution is 5.76. The highest BCUT2D eigenvalue weighted by atomic mass is 16.5. The van der Waals surface area contributed by atoms with Gasteiger partial charge in [0.15, 0.2) is 0 Å². The average Bonchev–Trinajstić information content (AvgIpc) is 2.13. The first kappa shape index (κ1) is 11.4. The number of esters is 1. The number of carbonyl (C=O) groups is 1. The quantitative estimate of drug-likeness (QED) is 0.649. The molecule has 0 spiro atoms. The van der Waals surface area contributed by atoms with Gasteiger partial charge in [-0.25, -0.2) is 0 Å². The van der Waals surface area contributed by atoms with E-state index in [0.717, 1.165) is 6.42 Å². The average molecular weight is 173 g/mol. The van der Waals surface area contributed by atoms with Crippen molar-refractivity contribution < 1.29 is 9.53 Å². The van der Waals surface area contributed by atoms with Crippen LogP contribution in [-0.4, -0.2) is 19.6 Å².